The van der Waals surface area contributed by atoms with E-state index in [1.807, 2.05) is 0 Å². The number of allylic oxidation sites excluding steroid dienone is 2. The van der Waals surface area contributed by atoms with Gasteiger partial charge in [0.25, 0.3) is 0 Å². The van der Waals surface area contributed by atoms with Crippen molar-refractivity contribution < 1.29 is 136 Å². The molecule has 7 aliphatic rings. The highest BCUT2D eigenvalue weighted by Gasteiger charge is 2.61. The van der Waals surface area contributed by atoms with Crippen molar-refractivity contribution in [3.8, 4) is 0 Å². The molecule has 0 aromatic carbocycles. The van der Waals surface area contributed by atoms with E-state index in [1.54, 1.807) is 20.8 Å². The van der Waals surface area contributed by atoms with E-state index in [0.717, 1.165) is 38.5 Å². The van der Waals surface area contributed by atoms with Crippen LogP contribution in [0.3, 0.4) is 0 Å². The zero-order chi connectivity index (χ0) is 105. The van der Waals surface area contributed by atoms with Crippen LogP contribution in [0.5, 0.6) is 0 Å². The quantitative estimate of drug-likeness (QED) is 0.0199. The molecule has 32 heteroatoms. The molecule has 0 aromatic heterocycles. The minimum absolute atomic E-state index is 0.0224. The first kappa shape index (κ1) is 126. The third-order valence-corrected chi connectivity index (χ3v) is 32.9. The highest BCUT2D eigenvalue weighted by atomic mass is 16.7. The Morgan fingerprint density at radius 2 is 0.757 bits per heavy atom. The molecule has 32 nitrogen and oxygen atoms in total. The average molecular weight is 2050 g/mol. The number of hydrogen-bond donors (Lipinski definition) is 13. The lowest BCUT2D eigenvalue weighted by atomic mass is 9.44. The van der Waals surface area contributed by atoms with Crippen molar-refractivity contribution in [3.05, 3.63) is 12.2 Å². The monoisotopic (exact) mass is 2050 g/mol. The van der Waals surface area contributed by atoms with Crippen LogP contribution in [0.1, 0.15) is 389 Å². The number of rotatable bonds is 81. The molecule has 832 valence electrons. The Bertz CT molecular complexity index is 3400. The van der Waals surface area contributed by atoms with E-state index >= 15 is 0 Å². The lowest BCUT2D eigenvalue weighted by molar-refractivity contribution is -0.282. The number of amides is 4. The van der Waals surface area contributed by atoms with Crippen LogP contribution >= 0.6 is 0 Å². The van der Waals surface area contributed by atoms with Gasteiger partial charge in [0.1, 0.15) is 71.6 Å². The van der Waals surface area contributed by atoms with E-state index in [2.05, 4.69) is 61.1 Å². The molecule has 3 aliphatic heterocycles. The number of carbonyl (C=O) groups is 9. The molecule has 7 fully saturated rings. The topological polar surface area (TPSA) is 476 Å². The number of fused-ring (bicyclic) bond motifs is 5. The number of unbranched alkanes of at least 4 members (excludes halogenated alkanes) is 21. The van der Waals surface area contributed by atoms with Crippen LogP contribution in [-0.4, -0.2) is 284 Å². The van der Waals surface area contributed by atoms with Gasteiger partial charge in [-0.1, -0.05) is 138 Å². The van der Waals surface area contributed by atoms with Crippen LogP contribution in [0.4, 0.5) is 4.79 Å². The van der Waals surface area contributed by atoms with Gasteiger partial charge in [0.2, 0.25) is 17.7 Å². The van der Waals surface area contributed by atoms with E-state index in [1.165, 1.54) is 116 Å². The summed E-state index contributed by atoms with van der Waals surface area (Å²) >= 11 is 0. The molecule has 7 rings (SSSR count). The molecule has 3 heterocycles. The summed E-state index contributed by atoms with van der Waals surface area (Å²) in [6.07, 6.45) is 33.3. The maximum Gasteiger partial charge on any atom is 0.407 e. The van der Waals surface area contributed by atoms with Gasteiger partial charge < -0.3 is 115 Å². The Balaban J connectivity index is 0.853. The molecular formula is C112H196N4O28. The Labute approximate surface area is 861 Å². The smallest absolute Gasteiger partial charge is 0.407 e. The summed E-state index contributed by atoms with van der Waals surface area (Å²) in [4.78, 5) is 120. The first-order chi connectivity index (χ1) is 69.4. The van der Waals surface area contributed by atoms with E-state index < -0.39 is 117 Å². The van der Waals surface area contributed by atoms with Crippen molar-refractivity contribution in [2.75, 3.05) is 105 Å². The van der Waals surface area contributed by atoms with Gasteiger partial charge in [0.05, 0.1) is 77.8 Å². The van der Waals surface area contributed by atoms with Crippen LogP contribution in [0.25, 0.3) is 0 Å². The Morgan fingerprint density at radius 3 is 1.23 bits per heavy atom. The van der Waals surface area contributed by atoms with Crippen molar-refractivity contribution in [2.45, 2.75) is 469 Å². The molecule has 0 aromatic rings. The second-order valence-electron chi connectivity index (χ2n) is 44.4. The minimum atomic E-state index is -1.23. The second kappa shape index (κ2) is 71.0. The van der Waals surface area contributed by atoms with Gasteiger partial charge in [-0.3, -0.25) is 38.4 Å². The minimum Gasteiger partial charge on any atom is -0.446 e. The number of nitrogens with one attached hydrogen (secondary N) is 4. The zero-order valence-corrected chi connectivity index (χ0v) is 89.4. The number of aliphatic hydroxyl groups is 9. The highest BCUT2D eigenvalue weighted by molar-refractivity contribution is 5.81. The van der Waals surface area contributed by atoms with Gasteiger partial charge in [0, 0.05) is 153 Å². The molecule has 4 amide bonds. The SMILES string of the molecule is CCCCCCCC/C=C\CCCCCCCCNC(=O)O[C@@H]1CC[C@@]2(C)C(CCC3C2CC[C@@]2(C)C3CC[C@@H]2[C@H](C)CCC(=O)NCCCCCC(=O)CC(COCCC(=O)CCCCCC(=O)CCCCOC2OC(CO)C(O)C(O)C2C)(COCCC(=O)CCCCCC(=O)CCCCOC2OC(CO)C(O)C(O)C2C)COCCC(=O)NCCCNC(=O)CCCCOC2OC(CO)C(O)C(O)C2C)C1. The van der Waals surface area contributed by atoms with E-state index in [-0.39, 0.29) is 187 Å². The third-order valence-electron chi connectivity index (χ3n) is 32.9. The van der Waals surface area contributed by atoms with Crippen molar-refractivity contribution in [1.82, 2.24) is 21.3 Å². The van der Waals surface area contributed by atoms with Gasteiger partial charge in [-0.2, -0.15) is 0 Å². The van der Waals surface area contributed by atoms with Crippen molar-refractivity contribution in [1.29, 1.82) is 0 Å². The van der Waals surface area contributed by atoms with Gasteiger partial charge >= 0.3 is 6.09 Å². The van der Waals surface area contributed by atoms with Crippen LogP contribution in [-0.2, 0) is 85.7 Å². The number of carbonyl (C=O) groups excluding carboxylic acids is 9. The summed E-state index contributed by atoms with van der Waals surface area (Å²) < 4.78 is 59.4. The predicted molar refractivity (Wildman–Crippen MR) is 548 cm³/mol. The maximum absolute atomic E-state index is 14.5. The van der Waals surface area contributed by atoms with Crippen molar-refractivity contribution >= 4 is 52.7 Å². The third kappa shape index (κ3) is 45.1. The first-order valence-corrected chi connectivity index (χ1v) is 56.8. The van der Waals surface area contributed by atoms with E-state index in [0.29, 0.717) is 190 Å². The molecule has 4 aliphatic carbocycles. The molecule has 0 bridgehead atoms. The lowest BCUT2D eigenvalue weighted by Gasteiger charge is -2.61. The second-order valence-corrected chi connectivity index (χ2v) is 44.4. The lowest BCUT2D eigenvalue weighted by Crippen LogP contribution is -2.55. The van der Waals surface area contributed by atoms with Crippen LogP contribution in [0.15, 0.2) is 12.2 Å². The number of alkyl carbamates (subject to hydrolysis) is 1. The van der Waals surface area contributed by atoms with Gasteiger partial charge in [-0.25, -0.2) is 4.79 Å². The van der Waals surface area contributed by atoms with Gasteiger partial charge in [-0.05, 0) is 226 Å². The molecule has 24 atom stereocenters. The number of ketones is 5. The summed E-state index contributed by atoms with van der Waals surface area (Å²) in [6.45, 7) is 15.8. The normalized spacial score (nSPS) is 29.0. The number of aliphatic hydroxyl groups excluding tert-OH is 9. The Hall–Kier alpha value is -4.95. The molecule has 4 saturated carbocycles. The number of Topliss-reactive ketones (excluding diaryl/α,β-unsaturated/α-hetero) is 5. The fraction of sp³-hybridized carbons (Fsp3) is 0.902. The molecule has 0 spiro atoms. The van der Waals surface area contributed by atoms with E-state index in [9.17, 15) is 89.1 Å². The molecule has 19 unspecified atom stereocenters. The summed E-state index contributed by atoms with van der Waals surface area (Å²) in [5, 5.41) is 102. The van der Waals surface area contributed by atoms with Crippen molar-refractivity contribution in [3.63, 3.8) is 0 Å². The highest BCUT2D eigenvalue weighted by Crippen LogP contribution is 2.69. The standard InChI is InChI=1S/C112H196N4O28/c1-8-9-10-11-12-13-14-15-16-17-18-19-20-21-22-34-62-116-109(134)141-89-54-59-110(6)83(71-89)49-50-90-92-52-51-91(111(92,7)60-55-93(90)110)79(2)48-53-98(126)113-61-35-25-30-46-88(124)72-112(76-135-68-56-86(122)42-28-23-26-40-84(120)44-31-36-65-138-106-80(3)100(128)103(131)94(73-117)142-106,77-136-69-57-87(123)43-29-24-27-41-85(121)45-32-37-66-139-107-81(4)101(129)104(132)95(74-118)143-107)78-137-70-58-99(127)115-64-39-63-114-97(125)47-33-38-67-140-108-82(5)102(130)105(133)96(75-119)144-108/h15-16,79-83,89-96,100-108,117-119,128-133H,8-14,17-78H2,1-7H3,(H,113,126)(H,114,125)(H,115,127)(H,116,134)/b16-15-/t79-,80?,81?,82?,83?,89-,90?,91-,92?,93?,94?,95?,96?,100?,101?,102?,103?,104?,105?,106?,107?,108?,110+,111-,112?/m1/s1. The fourth-order valence-electron chi connectivity index (χ4n) is 23.7. The van der Waals surface area contributed by atoms with Crippen molar-refractivity contribution in [2.24, 2.45) is 69.5 Å². The Morgan fingerprint density at radius 1 is 0.382 bits per heavy atom. The zero-order valence-electron chi connectivity index (χ0n) is 89.4. The van der Waals surface area contributed by atoms with E-state index in [4.69, 9.17) is 47.4 Å². The summed E-state index contributed by atoms with van der Waals surface area (Å²) in [5.74, 6) is 1.64. The molecule has 13 N–H and O–H groups in total. The Kier molecular flexibility index (Phi) is 62.1. The number of ether oxygens (including phenoxy) is 10. The average Bonchev–Trinajstić information content (AvgIpc) is 1.53. The van der Waals surface area contributed by atoms with Crippen LogP contribution in [0, 0.1) is 69.5 Å². The predicted octanol–water partition coefficient (Wildman–Crippen LogP) is 14.6. The summed E-state index contributed by atoms with van der Waals surface area (Å²) in [7, 11) is 0. The van der Waals surface area contributed by atoms with Crippen LogP contribution in [0.2, 0.25) is 0 Å². The molecule has 144 heavy (non-hydrogen) atoms. The first-order valence-electron chi connectivity index (χ1n) is 56.8. The van der Waals surface area contributed by atoms with Gasteiger partial charge in [0.15, 0.2) is 18.9 Å². The van der Waals surface area contributed by atoms with Gasteiger partial charge in [-0.15, -0.1) is 0 Å². The van der Waals surface area contributed by atoms with Crippen LogP contribution < -0.4 is 21.3 Å². The number of hydrogen-bond acceptors (Lipinski definition) is 28. The summed E-state index contributed by atoms with van der Waals surface area (Å²) in [5.41, 5.74) is -0.624. The molecule has 3 saturated heterocycles. The fourth-order valence-corrected chi connectivity index (χ4v) is 23.7. The molecular weight excluding hydrogens is 1850 g/mol. The summed E-state index contributed by atoms with van der Waals surface area (Å²) in [6, 6.07) is 0. The maximum atomic E-state index is 14.5. The molecule has 0 radical (unpaired) electrons. The largest absolute Gasteiger partial charge is 0.446 e.